The van der Waals surface area contributed by atoms with Gasteiger partial charge < -0.3 is 0 Å². The molecule has 0 fully saturated rings. The molecule has 0 spiro atoms. The van der Waals surface area contributed by atoms with Crippen molar-refractivity contribution >= 4 is 27.5 Å². The number of benzene rings is 1. The number of hydrogen-bond acceptors (Lipinski definition) is 0. The van der Waals surface area contributed by atoms with Crippen LogP contribution in [0.1, 0.15) is 26.3 Å². The van der Waals surface area contributed by atoms with Crippen LogP contribution in [-0.2, 0) is 6.42 Å². The van der Waals surface area contributed by atoms with Crippen LogP contribution in [0.5, 0.6) is 0 Å². The predicted molar refractivity (Wildman–Crippen MR) is 71.8 cm³/mol. The Morgan fingerprint density at radius 3 is 2.44 bits per heavy atom. The van der Waals surface area contributed by atoms with Crippen molar-refractivity contribution in [1.82, 2.24) is 0 Å². The van der Waals surface area contributed by atoms with E-state index in [2.05, 4.69) is 36.7 Å². The van der Waals surface area contributed by atoms with Gasteiger partial charge in [0.15, 0.2) is 0 Å². The van der Waals surface area contributed by atoms with Gasteiger partial charge in [0.25, 0.3) is 0 Å². The molecule has 0 radical (unpaired) electrons. The molecule has 0 saturated heterocycles. The molecule has 0 bridgehead atoms. The maximum atomic E-state index is 13.7. The van der Waals surface area contributed by atoms with E-state index in [1.165, 1.54) is 0 Å². The van der Waals surface area contributed by atoms with Crippen molar-refractivity contribution in [1.29, 1.82) is 0 Å². The average molecular weight is 308 g/mol. The highest BCUT2D eigenvalue weighted by molar-refractivity contribution is 9.09. The Morgan fingerprint density at radius 2 is 1.94 bits per heavy atom. The van der Waals surface area contributed by atoms with Crippen LogP contribution in [0.15, 0.2) is 18.2 Å². The van der Waals surface area contributed by atoms with E-state index >= 15 is 0 Å². The zero-order valence-electron chi connectivity index (χ0n) is 9.81. The molecule has 3 heteroatoms. The Hall–Kier alpha value is -0.0800. The van der Waals surface area contributed by atoms with Crippen LogP contribution in [-0.4, -0.2) is 4.83 Å². The standard InChI is InChI=1S/C13H17BrClF/c1-8(2)11(9(3)14)7-10-5-4-6-12(15)13(10)16/h4-6,8-9,11H,7H2,1-3H3. The lowest BCUT2D eigenvalue weighted by Gasteiger charge is -2.24. The molecule has 0 amide bonds. The highest BCUT2D eigenvalue weighted by Gasteiger charge is 2.21. The van der Waals surface area contributed by atoms with Gasteiger partial charge in [0, 0.05) is 4.83 Å². The maximum Gasteiger partial charge on any atom is 0.144 e. The van der Waals surface area contributed by atoms with Crippen molar-refractivity contribution < 1.29 is 4.39 Å². The van der Waals surface area contributed by atoms with Gasteiger partial charge in [0.2, 0.25) is 0 Å². The first-order valence-electron chi connectivity index (χ1n) is 5.50. The Bertz CT molecular complexity index is 342. The minimum atomic E-state index is -0.275. The molecule has 0 aliphatic heterocycles. The average Bonchev–Trinajstić information content (AvgIpc) is 2.19. The zero-order valence-corrected chi connectivity index (χ0v) is 12.1. The fourth-order valence-corrected chi connectivity index (χ4v) is 2.88. The Labute approximate surface area is 110 Å². The third-order valence-corrected chi connectivity index (χ3v) is 3.90. The zero-order chi connectivity index (χ0) is 12.3. The second-order valence-corrected chi connectivity index (χ2v) is 6.35. The molecule has 0 aliphatic rings. The first kappa shape index (κ1) is 14.0. The van der Waals surface area contributed by atoms with Gasteiger partial charge in [0.1, 0.15) is 5.82 Å². The predicted octanol–water partition coefficient (Wildman–Crippen LogP) is 5.08. The summed E-state index contributed by atoms with van der Waals surface area (Å²) in [6.45, 7) is 6.42. The first-order chi connectivity index (χ1) is 7.43. The molecule has 0 nitrogen and oxygen atoms in total. The van der Waals surface area contributed by atoms with E-state index in [9.17, 15) is 4.39 Å². The molecule has 1 aromatic rings. The van der Waals surface area contributed by atoms with Crippen molar-refractivity contribution in [3.05, 3.63) is 34.6 Å². The summed E-state index contributed by atoms with van der Waals surface area (Å²) >= 11 is 9.36. The summed E-state index contributed by atoms with van der Waals surface area (Å²) in [5, 5.41) is 0.210. The molecule has 16 heavy (non-hydrogen) atoms. The first-order valence-corrected chi connectivity index (χ1v) is 6.79. The fraction of sp³-hybridized carbons (Fsp3) is 0.538. The lowest BCUT2D eigenvalue weighted by Crippen LogP contribution is -2.20. The summed E-state index contributed by atoms with van der Waals surface area (Å²) in [5.41, 5.74) is 0.706. The second kappa shape index (κ2) is 6.02. The summed E-state index contributed by atoms with van der Waals surface area (Å²) in [4.78, 5) is 0.367. The van der Waals surface area contributed by atoms with E-state index in [1.807, 2.05) is 6.07 Å². The maximum absolute atomic E-state index is 13.7. The minimum Gasteiger partial charge on any atom is -0.205 e. The number of alkyl halides is 1. The van der Waals surface area contributed by atoms with Gasteiger partial charge in [-0.15, -0.1) is 0 Å². The van der Waals surface area contributed by atoms with Gasteiger partial charge in [0.05, 0.1) is 5.02 Å². The topological polar surface area (TPSA) is 0 Å². The second-order valence-electron chi connectivity index (χ2n) is 4.50. The molecule has 0 aliphatic carbocycles. The molecular weight excluding hydrogens is 290 g/mol. The van der Waals surface area contributed by atoms with Crippen LogP contribution in [0, 0.1) is 17.7 Å². The molecule has 2 atom stereocenters. The van der Waals surface area contributed by atoms with Crippen LogP contribution >= 0.6 is 27.5 Å². The summed E-state index contributed by atoms with van der Waals surface area (Å²) < 4.78 is 13.7. The van der Waals surface area contributed by atoms with Crippen molar-refractivity contribution in [2.45, 2.75) is 32.0 Å². The van der Waals surface area contributed by atoms with Gasteiger partial charge >= 0.3 is 0 Å². The third kappa shape index (κ3) is 3.46. The number of rotatable bonds is 4. The van der Waals surface area contributed by atoms with Gasteiger partial charge in [-0.1, -0.05) is 60.4 Å². The van der Waals surface area contributed by atoms with E-state index in [0.29, 0.717) is 22.2 Å². The Kier molecular flexibility index (Phi) is 5.26. The van der Waals surface area contributed by atoms with Crippen molar-refractivity contribution in [3.8, 4) is 0 Å². The quantitative estimate of drug-likeness (QED) is 0.681. The summed E-state index contributed by atoms with van der Waals surface area (Å²) in [6, 6.07) is 5.20. The summed E-state index contributed by atoms with van der Waals surface area (Å²) in [7, 11) is 0. The lowest BCUT2D eigenvalue weighted by molar-refractivity contribution is 0.378. The molecule has 0 saturated carbocycles. The van der Waals surface area contributed by atoms with Gasteiger partial charge in [-0.05, 0) is 29.9 Å². The normalized spacial score (nSPS) is 15.2. The van der Waals surface area contributed by atoms with E-state index < -0.39 is 0 Å². The highest BCUT2D eigenvalue weighted by atomic mass is 79.9. The Balaban J connectivity index is 2.90. The van der Waals surface area contributed by atoms with E-state index in [0.717, 1.165) is 6.42 Å². The van der Waals surface area contributed by atoms with Crippen molar-refractivity contribution in [2.75, 3.05) is 0 Å². The number of halogens is 3. The SMILES string of the molecule is CC(C)C(Cc1cccc(Cl)c1F)C(C)Br. The van der Waals surface area contributed by atoms with Gasteiger partial charge in [-0.3, -0.25) is 0 Å². The molecule has 2 unspecified atom stereocenters. The van der Waals surface area contributed by atoms with Crippen molar-refractivity contribution in [2.24, 2.45) is 11.8 Å². The fourth-order valence-electron chi connectivity index (χ4n) is 1.89. The molecule has 0 aromatic heterocycles. The third-order valence-electron chi connectivity index (χ3n) is 2.93. The smallest absolute Gasteiger partial charge is 0.144 e. The number of hydrogen-bond donors (Lipinski definition) is 0. The lowest BCUT2D eigenvalue weighted by atomic mass is 9.87. The van der Waals surface area contributed by atoms with E-state index in [4.69, 9.17) is 11.6 Å². The van der Waals surface area contributed by atoms with Crippen LogP contribution in [0.2, 0.25) is 5.02 Å². The molecule has 1 aromatic carbocycles. The summed E-state index contributed by atoms with van der Waals surface area (Å²) in [6.07, 6.45) is 0.719. The van der Waals surface area contributed by atoms with E-state index in [1.54, 1.807) is 12.1 Å². The molecule has 0 N–H and O–H groups in total. The van der Waals surface area contributed by atoms with Crippen LogP contribution in [0.25, 0.3) is 0 Å². The molecule has 0 heterocycles. The highest BCUT2D eigenvalue weighted by Crippen LogP contribution is 2.28. The largest absolute Gasteiger partial charge is 0.205 e. The monoisotopic (exact) mass is 306 g/mol. The van der Waals surface area contributed by atoms with Gasteiger partial charge in [-0.2, -0.15) is 0 Å². The van der Waals surface area contributed by atoms with Gasteiger partial charge in [-0.25, -0.2) is 4.39 Å². The summed E-state index contributed by atoms with van der Waals surface area (Å²) in [5.74, 6) is 0.642. The van der Waals surface area contributed by atoms with Crippen molar-refractivity contribution in [3.63, 3.8) is 0 Å². The van der Waals surface area contributed by atoms with E-state index in [-0.39, 0.29) is 10.8 Å². The molecular formula is C13H17BrClF. The minimum absolute atomic E-state index is 0.210. The van der Waals surface area contributed by atoms with Crippen LogP contribution in [0.3, 0.4) is 0 Å². The molecule has 90 valence electrons. The van der Waals surface area contributed by atoms with Crippen LogP contribution in [0.4, 0.5) is 4.39 Å². The molecule has 1 rings (SSSR count). The van der Waals surface area contributed by atoms with Crippen LogP contribution < -0.4 is 0 Å². The Morgan fingerprint density at radius 1 is 1.31 bits per heavy atom.